The third kappa shape index (κ3) is 8.21. The number of nitrogens with one attached hydrogen (secondary N) is 1. The van der Waals surface area contributed by atoms with Gasteiger partial charge in [0.1, 0.15) is 18.5 Å². The van der Waals surface area contributed by atoms with E-state index in [0.29, 0.717) is 13.2 Å². The molecule has 4 nitrogen and oxygen atoms in total. The Kier molecular flexibility index (Phi) is 8.82. The monoisotopic (exact) mass is 331 g/mol. The molecule has 0 aliphatic carbocycles. The average molecular weight is 332 g/mol. The quantitative estimate of drug-likeness (QED) is 0.645. The molecule has 1 aromatic carbocycles. The van der Waals surface area contributed by atoms with Crippen molar-refractivity contribution in [2.45, 2.75) is 18.9 Å². The molecule has 0 radical (unpaired) electrons. The zero-order chi connectivity index (χ0) is 13.9. The summed E-state index contributed by atoms with van der Waals surface area (Å²) < 4.78 is 11.5. The lowest BCUT2D eigenvalue weighted by Gasteiger charge is -2.13. The number of aliphatic hydroxyl groups excluding tert-OH is 1. The van der Waals surface area contributed by atoms with Gasteiger partial charge in [0.25, 0.3) is 0 Å². The third-order valence-electron chi connectivity index (χ3n) is 2.59. The van der Waals surface area contributed by atoms with Crippen LogP contribution < -0.4 is 10.1 Å². The van der Waals surface area contributed by atoms with Crippen LogP contribution in [0.1, 0.15) is 12.8 Å². The van der Waals surface area contributed by atoms with Crippen LogP contribution in [0, 0.1) is 0 Å². The van der Waals surface area contributed by atoms with Gasteiger partial charge < -0.3 is 19.9 Å². The topological polar surface area (TPSA) is 50.7 Å². The van der Waals surface area contributed by atoms with E-state index in [4.69, 9.17) is 9.47 Å². The summed E-state index contributed by atoms with van der Waals surface area (Å²) in [5.41, 5.74) is 0. The summed E-state index contributed by atoms with van der Waals surface area (Å²) in [7, 11) is 1.71. The van der Waals surface area contributed by atoms with Gasteiger partial charge >= 0.3 is 0 Å². The smallest absolute Gasteiger partial charge is 0.119 e. The molecule has 0 aliphatic rings. The van der Waals surface area contributed by atoms with Crippen LogP contribution in [0.5, 0.6) is 5.75 Å². The lowest BCUT2D eigenvalue weighted by molar-refractivity contribution is 0.106. The molecule has 0 aliphatic heterocycles. The van der Waals surface area contributed by atoms with Crippen LogP contribution in [0.15, 0.2) is 28.7 Å². The van der Waals surface area contributed by atoms with Crippen molar-refractivity contribution in [1.29, 1.82) is 0 Å². The molecule has 108 valence electrons. The summed E-state index contributed by atoms with van der Waals surface area (Å²) in [4.78, 5) is 0. The number of aliphatic hydroxyl groups is 1. The Hall–Kier alpha value is -0.620. The Balaban J connectivity index is 2.04. The first-order valence-electron chi connectivity index (χ1n) is 6.48. The number of unbranched alkanes of at least 4 members (excludes halogenated alkanes) is 1. The summed E-state index contributed by atoms with van der Waals surface area (Å²) in [5.74, 6) is 0.766. The summed E-state index contributed by atoms with van der Waals surface area (Å²) in [6.07, 6.45) is 1.59. The van der Waals surface area contributed by atoms with Crippen molar-refractivity contribution in [2.24, 2.45) is 0 Å². The molecule has 1 unspecified atom stereocenters. The lowest BCUT2D eigenvalue weighted by atomic mass is 10.3. The molecule has 0 bridgehead atoms. The minimum atomic E-state index is -0.494. The van der Waals surface area contributed by atoms with Gasteiger partial charge in [-0.1, -0.05) is 15.9 Å². The minimum Gasteiger partial charge on any atom is -0.491 e. The maximum Gasteiger partial charge on any atom is 0.119 e. The number of rotatable bonds is 10. The Morgan fingerprint density at radius 2 is 2.00 bits per heavy atom. The fourth-order valence-electron chi connectivity index (χ4n) is 1.55. The molecule has 0 heterocycles. The number of ether oxygens (including phenoxy) is 2. The molecule has 0 fully saturated rings. The van der Waals surface area contributed by atoms with Crippen molar-refractivity contribution in [3.05, 3.63) is 28.7 Å². The Bertz CT molecular complexity index is 332. The highest BCUT2D eigenvalue weighted by Crippen LogP contribution is 2.16. The second kappa shape index (κ2) is 10.2. The molecule has 0 aromatic heterocycles. The van der Waals surface area contributed by atoms with Crippen LogP contribution in [-0.4, -0.2) is 44.6 Å². The molecule has 0 spiro atoms. The van der Waals surface area contributed by atoms with Gasteiger partial charge in [-0.3, -0.25) is 0 Å². The number of hydrogen-bond donors (Lipinski definition) is 2. The number of benzene rings is 1. The molecule has 5 heteroatoms. The third-order valence-corrected chi connectivity index (χ3v) is 3.12. The van der Waals surface area contributed by atoms with Crippen LogP contribution in [-0.2, 0) is 4.74 Å². The van der Waals surface area contributed by atoms with Gasteiger partial charge in [-0.25, -0.2) is 0 Å². The Morgan fingerprint density at radius 1 is 1.26 bits per heavy atom. The van der Waals surface area contributed by atoms with Gasteiger partial charge in [0.15, 0.2) is 0 Å². The summed E-state index contributed by atoms with van der Waals surface area (Å²) in [5, 5.41) is 12.9. The van der Waals surface area contributed by atoms with Gasteiger partial charge in [0.2, 0.25) is 0 Å². The molecular formula is C14H22BrNO3. The highest BCUT2D eigenvalue weighted by Gasteiger charge is 2.04. The molecule has 2 N–H and O–H groups in total. The van der Waals surface area contributed by atoms with Gasteiger partial charge in [0.05, 0.1) is 0 Å². The standard InChI is InChI=1S/C14H22BrNO3/c1-18-9-3-2-8-16-10-13(17)11-19-14-6-4-12(15)5-7-14/h4-7,13,16-17H,2-3,8-11H2,1H3. The molecule has 0 saturated heterocycles. The molecule has 19 heavy (non-hydrogen) atoms. The molecule has 1 atom stereocenters. The van der Waals surface area contributed by atoms with Gasteiger partial charge in [-0.05, 0) is 43.7 Å². The van der Waals surface area contributed by atoms with Gasteiger partial charge in [0, 0.05) is 24.7 Å². The van der Waals surface area contributed by atoms with Crippen LogP contribution >= 0.6 is 15.9 Å². The number of halogens is 1. The zero-order valence-corrected chi connectivity index (χ0v) is 12.9. The van der Waals surface area contributed by atoms with E-state index < -0.39 is 6.10 Å². The van der Waals surface area contributed by atoms with E-state index in [2.05, 4.69) is 21.2 Å². The van der Waals surface area contributed by atoms with E-state index in [9.17, 15) is 5.11 Å². The Labute approximate surface area is 123 Å². The minimum absolute atomic E-state index is 0.298. The second-order valence-electron chi connectivity index (χ2n) is 4.32. The SMILES string of the molecule is COCCCCNCC(O)COc1ccc(Br)cc1. The van der Waals surface area contributed by atoms with E-state index in [-0.39, 0.29) is 0 Å². The van der Waals surface area contributed by atoms with Crippen LogP contribution in [0.2, 0.25) is 0 Å². The van der Waals surface area contributed by atoms with Crippen molar-refractivity contribution in [3.8, 4) is 5.75 Å². The first-order valence-corrected chi connectivity index (χ1v) is 7.27. The Morgan fingerprint density at radius 3 is 2.68 bits per heavy atom. The predicted molar refractivity (Wildman–Crippen MR) is 79.6 cm³/mol. The predicted octanol–water partition coefficient (Wildman–Crippen LogP) is 2.21. The van der Waals surface area contributed by atoms with E-state index in [1.807, 2.05) is 24.3 Å². The highest BCUT2D eigenvalue weighted by molar-refractivity contribution is 9.10. The van der Waals surface area contributed by atoms with Crippen LogP contribution in [0.25, 0.3) is 0 Å². The number of hydrogen-bond acceptors (Lipinski definition) is 4. The molecule has 1 aromatic rings. The summed E-state index contributed by atoms with van der Waals surface area (Å²) in [6.45, 7) is 2.52. The van der Waals surface area contributed by atoms with E-state index in [1.165, 1.54) is 0 Å². The van der Waals surface area contributed by atoms with Crippen molar-refractivity contribution in [1.82, 2.24) is 5.32 Å². The lowest BCUT2D eigenvalue weighted by Crippen LogP contribution is -2.32. The maximum atomic E-state index is 9.75. The fraction of sp³-hybridized carbons (Fsp3) is 0.571. The van der Waals surface area contributed by atoms with Crippen molar-refractivity contribution < 1.29 is 14.6 Å². The normalized spacial score (nSPS) is 12.4. The molecule has 1 rings (SSSR count). The molecule has 0 saturated carbocycles. The second-order valence-corrected chi connectivity index (χ2v) is 5.24. The number of methoxy groups -OCH3 is 1. The molecular weight excluding hydrogens is 310 g/mol. The average Bonchev–Trinajstić information content (AvgIpc) is 2.42. The largest absolute Gasteiger partial charge is 0.491 e. The van der Waals surface area contributed by atoms with Crippen molar-refractivity contribution in [2.75, 3.05) is 33.4 Å². The first kappa shape index (κ1) is 16.4. The molecule has 0 amide bonds. The van der Waals surface area contributed by atoms with E-state index >= 15 is 0 Å². The van der Waals surface area contributed by atoms with Crippen LogP contribution in [0.4, 0.5) is 0 Å². The van der Waals surface area contributed by atoms with Crippen molar-refractivity contribution >= 4 is 15.9 Å². The summed E-state index contributed by atoms with van der Waals surface area (Å²) in [6, 6.07) is 7.56. The van der Waals surface area contributed by atoms with Gasteiger partial charge in [-0.2, -0.15) is 0 Å². The van der Waals surface area contributed by atoms with E-state index in [0.717, 1.165) is 36.2 Å². The van der Waals surface area contributed by atoms with Crippen molar-refractivity contribution in [3.63, 3.8) is 0 Å². The van der Waals surface area contributed by atoms with Crippen LogP contribution in [0.3, 0.4) is 0 Å². The maximum absolute atomic E-state index is 9.75. The zero-order valence-electron chi connectivity index (χ0n) is 11.3. The van der Waals surface area contributed by atoms with Gasteiger partial charge in [-0.15, -0.1) is 0 Å². The summed E-state index contributed by atoms with van der Waals surface area (Å²) >= 11 is 3.36. The highest BCUT2D eigenvalue weighted by atomic mass is 79.9. The van der Waals surface area contributed by atoms with E-state index in [1.54, 1.807) is 7.11 Å². The first-order chi connectivity index (χ1) is 9.22. The fourth-order valence-corrected chi connectivity index (χ4v) is 1.81.